The molecule has 6 heteroatoms. The molecule has 1 aliphatic rings. The van der Waals surface area contributed by atoms with Crippen molar-refractivity contribution in [1.29, 1.82) is 0 Å². The summed E-state index contributed by atoms with van der Waals surface area (Å²) in [6.45, 7) is 1.14. The van der Waals surface area contributed by atoms with Crippen molar-refractivity contribution in [2.75, 3.05) is 29.5 Å². The lowest BCUT2D eigenvalue weighted by Gasteiger charge is -2.28. The zero-order chi connectivity index (χ0) is 15.9. The fourth-order valence-corrected chi connectivity index (χ4v) is 4.18. The van der Waals surface area contributed by atoms with Crippen molar-refractivity contribution in [1.82, 2.24) is 9.61 Å². The highest BCUT2D eigenvalue weighted by atomic mass is 32.2. The number of hydrogen-bond donors (Lipinski definition) is 0. The fourth-order valence-electron chi connectivity index (χ4n) is 2.98. The van der Waals surface area contributed by atoms with E-state index in [1.165, 1.54) is 0 Å². The molecule has 1 saturated heterocycles. The predicted octanol–water partition coefficient (Wildman–Crippen LogP) is 2.24. The minimum absolute atomic E-state index is 0.239. The van der Waals surface area contributed by atoms with Crippen LogP contribution in [-0.2, 0) is 9.84 Å². The summed E-state index contributed by atoms with van der Waals surface area (Å²) in [6.07, 6.45) is 3.80. The Hall–Kier alpha value is -2.34. The van der Waals surface area contributed by atoms with Gasteiger partial charge in [0, 0.05) is 30.5 Å². The molecule has 0 spiro atoms. The summed E-state index contributed by atoms with van der Waals surface area (Å²) in [7, 11) is -2.84. The topological polar surface area (TPSA) is 54.7 Å². The minimum atomic E-state index is -2.84. The van der Waals surface area contributed by atoms with Crippen LogP contribution >= 0.6 is 0 Å². The number of anilines is 1. The first-order valence-electron chi connectivity index (χ1n) is 7.61. The maximum Gasteiger partial charge on any atom is 0.153 e. The van der Waals surface area contributed by atoms with E-state index in [-0.39, 0.29) is 11.5 Å². The highest BCUT2D eigenvalue weighted by Gasteiger charge is 2.21. The van der Waals surface area contributed by atoms with Crippen molar-refractivity contribution in [2.45, 2.75) is 0 Å². The van der Waals surface area contributed by atoms with E-state index in [0.29, 0.717) is 13.1 Å². The summed E-state index contributed by atoms with van der Waals surface area (Å²) in [5, 5.41) is 4.36. The first-order chi connectivity index (χ1) is 11.1. The Balaban J connectivity index is 1.61. The molecule has 0 amide bonds. The summed E-state index contributed by atoms with van der Waals surface area (Å²) in [5.74, 6) is 0.478. The Morgan fingerprint density at radius 2 is 1.70 bits per heavy atom. The molecule has 0 unspecified atom stereocenters. The average Bonchev–Trinajstić information content (AvgIpc) is 2.99. The number of fused-ring (bicyclic) bond motifs is 1. The SMILES string of the molecule is O=S1(=O)CCN(c2ccc(-c3cnn4ccccc34)cc2)CC1. The van der Waals surface area contributed by atoms with Crippen molar-refractivity contribution < 1.29 is 8.42 Å². The third kappa shape index (κ3) is 2.70. The molecule has 23 heavy (non-hydrogen) atoms. The van der Waals surface area contributed by atoms with Gasteiger partial charge in [0.15, 0.2) is 9.84 Å². The number of aromatic nitrogens is 2. The monoisotopic (exact) mass is 327 g/mol. The molecule has 2 aromatic heterocycles. The van der Waals surface area contributed by atoms with Gasteiger partial charge < -0.3 is 4.90 Å². The van der Waals surface area contributed by atoms with Crippen LogP contribution in [0.15, 0.2) is 54.9 Å². The lowest BCUT2D eigenvalue weighted by atomic mass is 10.1. The Morgan fingerprint density at radius 3 is 2.43 bits per heavy atom. The summed E-state index contributed by atoms with van der Waals surface area (Å²) in [6, 6.07) is 14.3. The second-order valence-corrected chi connectivity index (χ2v) is 8.08. The molecule has 0 atom stereocenters. The van der Waals surface area contributed by atoms with Gasteiger partial charge in [-0.1, -0.05) is 18.2 Å². The van der Waals surface area contributed by atoms with Crippen LogP contribution < -0.4 is 4.90 Å². The van der Waals surface area contributed by atoms with Crippen LogP contribution in [-0.4, -0.2) is 42.6 Å². The molecule has 1 fully saturated rings. The second-order valence-electron chi connectivity index (χ2n) is 5.77. The van der Waals surface area contributed by atoms with E-state index in [0.717, 1.165) is 22.3 Å². The standard InChI is InChI=1S/C17H17N3O2S/c21-23(22)11-9-19(10-12-23)15-6-4-14(5-7-15)16-13-18-20-8-2-1-3-17(16)20/h1-8,13H,9-12H2. The molecule has 3 aromatic rings. The highest BCUT2D eigenvalue weighted by molar-refractivity contribution is 7.91. The third-order valence-electron chi connectivity index (χ3n) is 4.31. The molecule has 1 aromatic carbocycles. The Labute approximate surface area is 135 Å². The minimum Gasteiger partial charge on any atom is -0.369 e. The maximum atomic E-state index is 11.5. The molecule has 0 N–H and O–H groups in total. The number of pyridine rings is 1. The molecule has 4 rings (SSSR count). The van der Waals surface area contributed by atoms with Gasteiger partial charge in [0.1, 0.15) is 0 Å². The van der Waals surface area contributed by atoms with Crippen molar-refractivity contribution in [3.8, 4) is 11.1 Å². The zero-order valence-electron chi connectivity index (χ0n) is 12.6. The predicted molar refractivity (Wildman–Crippen MR) is 91.5 cm³/mol. The van der Waals surface area contributed by atoms with Gasteiger partial charge >= 0.3 is 0 Å². The van der Waals surface area contributed by atoms with Gasteiger partial charge in [0.2, 0.25) is 0 Å². The van der Waals surface area contributed by atoms with Crippen LogP contribution in [0.1, 0.15) is 0 Å². The van der Waals surface area contributed by atoms with Crippen LogP contribution in [0.2, 0.25) is 0 Å². The second kappa shape index (κ2) is 5.38. The molecule has 3 heterocycles. The van der Waals surface area contributed by atoms with E-state index >= 15 is 0 Å². The Bertz CT molecular complexity index is 931. The van der Waals surface area contributed by atoms with E-state index in [9.17, 15) is 8.42 Å². The normalized spacial score (nSPS) is 17.5. The van der Waals surface area contributed by atoms with E-state index in [1.807, 2.05) is 35.1 Å². The summed E-state index contributed by atoms with van der Waals surface area (Å²) in [4.78, 5) is 2.13. The van der Waals surface area contributed by atoms with Crippen LogP contribution in [0, 0.1) is 0 Å². The van der Waals surface area contributed by atoms with Gasteiger partial charge in [0.25, 0.3) is 0 Å². The first kappa shape index (κ1) is 14.3. The van der Waals surface area contributed by atoms with Crippen molar-refractivity contribution in [3.05, 3.63) is 54.9 Å². The Morgan fingerprint density at radius 1 is 0.957 bits per heavy atom. The molecular weight excluding hydrogens is 310 g/mol. The average molecular weight is 327 g/mol. The van der Waals surface area contributed by atoms with Crippen molar-refractivity contribution in [3.63, 3.8) is 0 Å². The quantitative estimate of drug-likeness (QED) is 0.724. The smallest absolute Gasteiger partial charge is 0.153 e. The van der Waals surface area contributed by atoms with Gasteiger partial charge in [-0.15, -0.1) is 0 Å². The van der Waals surface area contributed by atoms with Gasteiger partial charge in [-0.3, -0.25) is 0 Å². The van der Waals surface area contributed by atoms with Gasteiger partial charge in [-0.25, -0.2) is 12.9 Å². The number of hydrogen-bond acceptors (Lipinski definition) is 4. The van der Waals surface area contributed by atoms with Crippen LogP contribution in [0.3, 0.4) is 0 Å². The van der Waals surface area contributed by atoms with Gasteiger partial charge in [-0.2, -0.15) is 5.10 Å². The van der Waals surface area contributed by atoms with Crippen LogP contribution in [0.4, 0.5) is 5.69 Å². The summed E-state index contributed by atoms with van der Waals surface area (Å²) < 4.78 is 24.9. The highest BCUT2D eigenvalue weighted by Crippen LogP contribution is 2.27. The molecule has 0 radical (unpaired) electrons. The van der Waals surface area contributed by atoms with Crippen molar-refractivity contribution in [2.24, 2.45) is 0 Å². The largest absolute Gasteiger partial charge is 0.369 e. The molecule has 1 aliphatic heterocycles. The number of benzene rings is 1. The van der Waals surface area contributed by atoms with Gasteiger partial charge in [0.05, 0.1) is 23.2 Å². The summed E-state index contributed by atoms with van der Waals surface area (Å²) in [5.41, 5.74) is 4.35. The number of rotatable bonds is 2. The molecule has 0 saturated carbocycles. The fraction of sp³-hybridized carbons (Fsp3) is 0.235. The molecule has 118 valence electrons. The van der Waals surface area contributed by atoms with Gasteiger partial charge in [-0.05, 0) is 29.8 Å². The third-order valence-corrected chi connectivity index (χ3v) is 5.92. The lowest BCUT2D eigenvalue weighted by molar-refractivity contribution is 0.587. The maximum absolute atomic E-state index is 11.5. The summed E-state index contributed by atoms with van der Waals surface area (Å²) >= 11 is 0. The first-order valence-corrected chi connectivity index (χ1v) is 9.43. The van der Waals surface area contributed by atoms with E-state index in [1.54, 1.807) is 0 Å². The van der Waals surface area contributed by atoms with Crippen molar-refractivity contribution >= 4 is 21.0 Å². The van der Waals surface area contributed by atoms with Crippen LogP contribution in [0.25, 0.3) is 16.6 Å². The van der Waals surface area contributed by atoms with E-state index < -0.39 is 9.84 Å². The molecular formula is C17H17N3O2S. The molecule has 0 aliphatic carbocycles. The van der Waals surface area contributed by atoms with E-state index in [4.69, 9.17) is 0 Å². The molecule has 0 bridgehead atoms. The number of nitrogens with zero attached hydrogens (tertiary/aromatic N) is 3. The Kier molecular flexibility index (Phi) is 3.34. The zero-order valence-corrected chi connectivity index (χ0v) is 13.4. The van der Waals surface area contributed by atoms with E-state index in [2.05, 4.69) is 34.3 Å². The molecule has 5 nitrogen and oxygen atoms in total. The lowest BCUT2D eigenvalue weighted by Crippen LogP contribution is -2.40. The number of sulfone groups is 1. The van der Waals surface area contributed by atoms with Crippen LogP contribution in [0.5, 0.6) is 0 Å².